The van der Waals surface area contributed by atoms with Crippen molar-refractivity contribution in [3.05, 3.63) is 29.3 Å². The molecule has 2 atom stereocenters. The topological polar surface area (TPSA) is 78.5 Å². The highest BCUT2D eigenvalue weighted by Crippen LogP contribution is 2.31. The molecule has 26 heavy (non-hydrogen) atoms. The molecule has 0 aromatic heterocycles. The van der Waals surface area contributed by atoms with Crippen LogP contribution in [-0.2, 0) is 10.0 Å². The van der Waals surface area contributed by atoms with E-state index >= 15 is 0 Å². The molecule has 2 heterocycles. The molecule has 1 saturated carbocycles. The Bertz CT molecular complexity index is 781. The van der Waals surface area contributed by atoms with Gasteiger partial charge in [0.25, 0.3) is 5.91 Å². The van der Waals surface area contributed by atoms with Gasteiger partial charge in [-0.1, -0.05) is 6.07 Å². The highest BCUT2D eigenvalue weighted by atomic mass is 35.5. The molecule has 3 fully saturated rings. The Kier molecular flexibility index (Phi) is 5.63. The van der Waals surface area contributed by atoms with Gasteiger partial charge in [-0.15, -0.1) is 12.4 Å². The number of carbonyl (C=O) groups is 1. The van der Waals surface area contributed by atoms with Crippen LogP contribution in [0.1, 0.15) is 48.0 Å². The van der Waals surface area contributed by atoms with Gasteiger partial charge in [-0.2, -0.15) is 0 Å². The van der Waals surface area contributed by atoms with E-state index in [0.717, 1.165) is 50.8 Å². The van der Waals surface area contributed by atoms with Crippen molar-refractivity contribution in [2.75, 3.05) is 13.1 Å². The molecule has 1 aromatic carbocycles. The monoisotopic (exact) mass is 399 g/mol. The van der Waals surface area contributed by atoms with Crippen LogP contribution in [0.15, 0.2) is 23.1 Å². The first-order valence-electron chi connectivity index (χ1n) is 9.12. The summed E-state index contributed by atoms with van der Waals surface area (Å²) in [5.41, 5.74) is 1.34. The minimum atomic E-state index is -3.55. The number of nitrogens with one attached hydrogen (secondary N) is 2. The van der Waals surface area contributed by atoms with Crippen molar-refractivity contribution in [1.82, 2.24) is 14.9 Å². The number of fused-ring (bicyclic) bond motifs is 2. The number of benzene rings is 1. The maximum atomic E-state index is 13.2. The first kappa shape index (κ1) is 19.6. The van der Waals surface area contributed by atoms with Crippen molar-refractivity contribution in [2.45, 2.75) is 62.0 Å². The fourth-order valence-corrected chi connectivity index (χ4v) is 5.27. The lowest BCUT2D eigenvalue weighted by Crippen LogP contribution is -2.42. The summed E-state index contributed by atoms with van der Waals surface area (Å²) in [5, 5.41) is 3.39. The van der Waals surface area contributed by atoms with E-state index in [1.54, 1.807) is 18.2 Å². The number of hydrogen-bond donors (Lipinski definition) is 2. The molecule has 2 aliphatic heterocycles. The molecule has 4 rings (SSSR count). The normalized spacial score (nSPS) is 25.5. The van der Waals surface area contributed by atoms with Gasteiger partial charge in [0.05, 0.1) is 4.90 Å². The average Bonchev–Trinajstić information content (AvgIpc) is 3.29. The summed E-state index contributed by atoms with van der Waals surface area (Å²) in [7, 11) is -3.55. The van der Waals surface area contributed by atoms with Crippen LogP contribution in [0.5, 0.6) is 0 Å². The highest BCUT2D eigenvalue weighted by molar-refractivity contribution is 7.89. The third-order valence-electron chi connectivity index (χ3n) is 5.54. The van der Waals surface area contributed by atoms with Crippen molar-refractivity contribution in [3.8, 4) is 0 Å². The quantitative estimate of drug-likeness (QED) is 0.809. The molecule has 0 spiro atoms. The van der Waals surface area contributed by atoms with Gasteiger partial charge in [-0.05, 0) is 63.3 Å². The molecule has 0 radical (unpaired) electrons. The zero-order chi connectivity index (χ0) is 17.6. The summed E-state index contributed by atoms with van der Waals surface area (Å²) in [4.78, 5) is 15.4. The molecular formula is C18H26ClN3O3S. The predicted molar refractivity (Wildman–Crippen MR) is 102 cm³/mol. The van der Waals surface area contributed by atoms with Crippen molar-refractivity contribution in [1.29, 1.82) is 0 Å². The van der Waals surface area contributed by atoms with Gasteiger partial charge in [0.1, 0.15) is 0 Å². The molecule has 3 aliphatic rings. The van der Waals surface area contributed by atoms with Crippen LogP contribution in [-0.4, -0.2) is 50.4 Å². The Balaban J connectivity index is 0.00000196. The lowest BCUT2D eigenvalue weighted by molar-refractivity contribution is 0.0679. The van der Waals surface area contributed by atoms with E-state index in [1.165, 1.54) is 0 Å². The number of halogens is 1. The second-order valence-corrected chi connectivity index (χ2v) is 9.18. The van der Waals surface area contributed by atoms with E-state index in [2.05, 4.69) is 10.0 Å². The maximum Gasteiger partial charge on any atom is 0.254 e. The van der Waals surface area contributed by atoms with Crippen LogP contribution in [0, 0.1) is 6.92 Å². The molecule has 1 amide bonds. The molecule has 2 unspecified atom stereocenters. The second kappa shape index (κ2) is 7.46. The van der Waals surface area contributed by atoms with E-state index in [1.807, 2.05) is 11.8 Å². The molecule has 6 nitrogen and oxygen atoms in total. The molecule has 2 N–H and O–H groups in total. The number of nitrogens with zero attached hydrogens (tertiary/aromatic N) is 1. The van der Waals surface area contributed by atoms with Crippen LogP contribution >= 0.6 is 12.4 Å². The van der Waals surface area contributed by atoms with Crippen molar-refractivity contribution in [3.63, 3.8) is 0 Å². The van der Waals surface area contributed by atoms with Crippen LogP contribution in [0.4, 0.5) is 0 Å². The van der Waals surface area contributed by atoms with E-state index in [-0.39, 0.29) is 41.3 Å². The van der Waals surface area contributed by atoms with Gasteiger partial charge < -0.3 is 10.2 Å². The third-order valence-corrected chi connectivity index (χ3v) is 7.06. The fourth-order valence-electron chi connectivity index (χ4n) is 3.94. The van der Waals surface area contributed by atoms with E-state index < -0.39 is 10.0 Å². The minimum absolute atomic E-state index is 0. The lowest BCUT2D eigenvalue weighted by Gasteiger charge is -2.28. The van der Waals surface area contributed by atoms with E-state index in [0.29, 0.717) is 5.56 Å². The molecule has 2 saturated heterocycles. The van der Waals surface area contributed by atoms with Crippen molar-refractivity contribution in [2.24, 2.45) is 0 Å². The molecule has 144 valence electrons. The van der Waals surface area contributed by atoms with Gasteiger partial charge >= 0.3 is 0 Å². The second-order valence-electron chi connectivity index (χ2n) is 7.46. The van der Waals surface area contributed by atoms with Gasteiger partial charge in [-0.3, -0.25) is 4.79 Å². The Hall–Kier alpha value is -1.15. The van der Waals surface area contributed by atoms with Crippen molar-refractivity contribution >= 4 is 28.3 Å². The first-order chi connectivity index (χ1) is 12.0. The number of carbonyl (C=O) groups excluding carboxylic acids is 1. The smallest absolute Gasteiger partial charge is 0.254 e. The Morgan fingerprint density at radius 2 is 1.88 bits per heavy atom. The SMILES string of the molecule is Cc1ccc(S(=O)(=O)NC2CC2)cc1C(=O)N1C2CCNCC1CC2.Cl. The molecule has 1 aliphatic carbocycles. The Labute approximate surface area is 161 Å². The van der Waals surface area contributed by atoms with Gasteiger partial charge in [0, 0.05) is 30.2 Å². The molecule has 1 aromatic rings. The summed E-state index contributed by atoms with van der Waals surface area (Å²) >= 11 is 0. The minimum Gasteiger partial charge on any atom is -0.331 e. The molecular weight excluding hydrogens is 374 g/mol. The summed E-state index contributed by atoms with van der Waals surface area (Å²) in [6.45, 7) is 3.63. The largest absolute Gasteiger partial charge is 0.331 e. The van der Waals surface area contributed by atoms with E-state index in [9.17, 15) is 13.2 Å². The third kappa shape index (κ3) is 3.76. The molecule has 2 bridgehead atoms. The zero-order valence-corrected chi connectivity index (χ0v) is 16.5. The van der Waals surface area contributed by atoms with Gasteiger partial charge in [-0.25, -0.2) is 13.1 Å². The fraction of sp³-hybridized carbons (Fsp3) is 0.611. The van der Waals surface area contributed by atoms with Gasteiger partial charge in [0.2, 0.25) is 10.0 Å². The van der Waals surface area contributed by atoms with Crippen molar-refractivity contribution < 1.29 is 13.2 Å². The number of amides is 1. The standard InChI is InChI=1S/C18H25N3O3S.ClH/c1-12-2-7-16(25(23,24)20-13-3-4-13)10-17(12)18(22)21-14-5-6-15(21)11-19-9-8-14;/h2,7,10,13-15,19-20H,3-6,8-9,11H2,1H3;1H. The van der Waals surface area contributed by atoms with Crippen LogP contribution in [0.3, 0.4) is 0 Å². The predicted octanol–water partition coefficient (Wildman–Crippen LogP) is 1.82. The highest BCUT2D eigenvalue weighted by Gasteiger charge is 2.39. The number of sulfonamides is 1. The van der Waals surface area contributed by atoms with Crippen LogP contribution < -0.4 is 10.0 Å². The lowest BCUT2D eigenvalue weighted by atomic mass is 10.1. The average molecular weight is 400 g/mol. The maximum absolute atomic E-state index is 13.2. The zero-order valence-electron chi connectivity index (χ0n) is 14.9. The van der Waals surface area contributed by atoms with Gasteiger partial charge in [0.15, 0.2) is 0 Å². The summed E-state index contributed by atoms with van der Waals surface area (Å²) in [6.07, 6.45) is 4.80. The van der Waals surface area contributed by atoms with Crippen LogP contribution in [0.2, 0.25) is 0 Å². The summed E-state index contributed by atoms with van der Waals surface area (Å²) in [5.74, 6) is -0.0304. The Morgan fingerprint density at radius 1 is 1.15 bits per heavy atom. The summed E-state index contributed by atoms with van der Waals surface area (Å²) in [6, 6.07) is 5.42. The van der Waals surface area contributed by atoms with Crippen LogP contribution in [0.25, 0.3) is 0 Å². The first-order valence-corrected chi connectivity index (χ1v) is 10.6. The summed E-state index contributed by atoms with van der Waals surface area (Å²) < 4.78 is 27.7. The van der Waals surface area contributed by atoms with E-state index in [4.69, 9.17) is 0 Å². The number of hydrogen-bond acceptors (Lipinski definition) is 4. The number of aryl methyl sites for hydroxylation is 1. The molecule has 8 heteroatoms. The Morgan fingerprint density at radius 3 is 2.62 bits per heavy atom. The number of rotatable bonds is 4.